The molecule has 152 valence electrons. The summed E-state index contributed by atoms with van der Waals surface area (Å²) in [6.45, 7) is 10.7. The van der Waals surface area contributed by atoms with Crippen LogP contribution in [-0.4, -0.2) is 54.1 Å². The van der Waals surface area contributed by atoms with Gasteiger partial charge in [0.25, 0.3) is 0 Å². The Morgan fingerprint density at radius 2 is 2.00 bits per heavy atom. The highest BCUT2D eigenvalue weighted by Crippen LogP contribution is 2.44. The van der Waals surface area contributed by atoms with Gasteiger partial charge in [-0.1, -0.05) is 20.8 Å². The van der Waals surface area contributed by atoms with Gasteiger partial charge in [-0.15, -0.1) is 0 Å². The largest absolute Gasteiger partial charge is 0.493 e. The molecule has 2 aliphatic rings. The normalized spacial score (nSPS) is 26.9. The van der Waals surface area contributed by atoms with Crippen molar-refractivity contribution in [2.45, 2.75) is 65.2 Å². The van der Waals surface area contributed by atoms with E-state index in [1.54, 1.807) is 14.0 Å². The molecule has 0 saturated carbocycles. The van der Waals surface area contributed by atoms with Gasteiger partial charge < -0.3 is 19.7 Å². The zero-order chi connectivity index (χ0) is 19.8. The summed E-state index contributed by atoms with van der Waals surface area (Å²) in [5, 5.41) is 20.3. The summed E-state index contributed by atoms with van der Waals surface area (Å²) >= 11 is 0. The summed E-state index contributed by atoms with van der Waals surface area (Å²) in [4.78, 5) is 2.53. The molecule has 5 heteroatoms. The fourth-order valence-electron chi connectivity index (χ4n) is 4.57. The number of hydrogen-bond acceptors (Lipinski definition) is 5. The van der Waals surface area contributed by atoms with Gasteiger partial charge in [-0.2, -0.15) is 0 Å². The standard InChI is InChI=1S/C22H35NO4/c1-14(24)13-27-21-8-15-6-7-23-12-16(11-22(2,3)4)19(25)10-18(23)17(15)9-20(21)26-5/h8-9,14,16,18-19,24-25H,6-7,10-13H2,1-5H3/t14-,16-,18-,19-/m1/s1. The van der Waals surface area contributed by atoms with Crippen LogP contribution in [0.5, 0.6) is 11.5 Å². The van der Waals surface area contributed by atoms with E-state index in [4.69, 9.17) is 9.47 Å². The summed E-state index contributed by atoms with van der Waals surface area (Å²) in [5.41, 5.74) is 2.74. The van der Waals surface area contributed by atoms with Gasteiger partial charge in [0.1, 0.15) is 6.61 Å². The topological polar surface area (TPSA) is 62.2 Å². The first-order valence-electron chi connectivity index (χ1n) is 10.1. The van der Waals surface area contributed by atoms with E-state index in [0.717, 1.165) is 32.4 Å². The van der Waals surface area contributed by atoms with Crippen LogP contribution >= 0.6 is 0 Å². The Morgan fingerprint density at radius 1 is 1.26 bits per heavy atom. The Kier molecular flexibility index (Phi) is 6.04. The quantitative estimate of drug-likeness (QED) is 0.825. The van der Waals surface area contributed by atoms with E-state index in [1.807, 2.05) is 0 Å². The van der Waals surface area contributed by atoms with Gasteiger partial charge in [0.15, 0.2) is 11.5 Å². The molecule has 0 aliphatic carbocycles. The molecule has 1 saturated heterocycles. The van der Waals surface area contributed by atoms with Crippen LogP contribution in [0.4, 0.5) is 0 Å². The van der Waals surface area contributed by atoms with Gasteiger partial charge >= 0.3 is 0 Å². The number of piperidine rings is 1. The molecule has 0 radical (unpaired) electrons. The SMILES string of the molecule is COc1cc2c(cc1OC[C@@H](C)O)CCN1C[C@@H](CC(C)(C)C)[C@H](O)C[C@H]21. The number of rotatable bonds is 5. The van der Waals surface area contributed by atoms with Crippen LogP contribution in [0.3, 0.4) is 0 Å². The number of methoxy groups -OCH3 is 1. The van der Waals surface area contributed by atoms with Crippen LogP contribution in [0.1, 0.15) is 57.7 Å². The number of aliphatic hydroxyl groups excluding tert-OH is 2. The van der Waals surface area contributed by atoms with Crippen LogP contribution in [0.25, 0.3) is 0 Å². The van der Waals surface area contributed by atoms with E-state index < -0.39 is 6.10 Å². The fraction of sp³-hybridized carbons (Fsp3) is 0.727. The molecule has 3 rings (SSSR count). The van der Waals surface area contributed by atoms with Crippen molar-refractivity contribution in [1.29, 1.82) is 0 Å². The van der Waals surface area contributed by atoms with Gasteiger partial charge in [0.05, 0.1) is 19.3 Å². The average Bonchev–Trinajstić information content (AvgIpc) is 2.58. The molecule has 0 bridgehead atoms. The van der Waals surface area contributed by atoms with Crippen molar-refractivity contribution in [2.75, 3.05) is 26.8 Å². The molecule has 1 aromatic rings. The number of nitrogens with zero attached hydrogens (tertiary/aromatic N) is 1. The smallest absolute Gasteiger partial charge is 0.161 e. The minimum atomic E-state index is -0.519. The average molecular weight is 378 g/mol. The molecule has 2 N–H and O–H groups in total. The van der Waals surface area contributed by atoms with Gasteiger partial charge in [-0.25, -0.2) is 0 Å². The van der Waals surface area contributed by atoms with Gasteiger partial charge in [-0.3, -0.25) is 4.90 Å². The lowest BCUT2D eigenvalue weighted by Crippen LogP contribution is -2.48. The Hall–Kier alpha value is -1.30. The summed E-state index contributed by atoms with van der Waals surface area (Å²) in [6, 6.07) is 4.36. The predicted octanol–water partition coefficient (Wildman–Crippen LogP) is 3.17. The van der Waals surface area contributed by atoms with Crippen molar-refractivity contribution in [2.24, 2.45) is 11.3 Å². The van der Waals surface area contributed by atoms with Crippen LogP contribution in [-0.2, 0) is 6.42 Å². The highest BCUT2D eigenvalue weighted by Gasteiger charge is 2.39. The van der Waals surface area contributed by atoms with Crippen molar-refractivity contribution in [3.05, 3.63) is 23.3 Å². The molecule has 5 nitrogen and oxygen atoms in total. The Labute approximate surface area is 163 Å². The maximum atomic E-state index is 10.8. The molecule has 27 heavy (non-hydrogen) atoms. The lowest BCUT2D eigenvalue weighted by molar-refractivity contribution is -0.0259. The van der Waals surface area contributed by atoms with Crippen molar-refractivity contribution in [3.8, 4) is 11.5 Å². The van der Waals surface area contributed by atoms with Crippen molar-refractivity contribution >= 4 is 0 Å². The molecule has 2 aliphatic heterocycles. The minimum absolute atomic E-state index is 0.228. The molecule has 2 heterocycles. The number of benzene rings is 1. The second-order valence-electron chi connectivity index (χ2n) is 9.45. The number of ether oxygens (including phenoxy) is 2. The van der Waals surface area contributed by atoms with Gasteiger partial charge in [0.2, 0.25) is 0 Å². The third kappa shape index (κ3) is 4.76. The highest BCUT2D eigenvalue weighted by molar-refractivity contribution is 5.49. The van der Waals surface area contributed by atoms with E-state index >= 15 is 0 Å². The third-order valence-corrected chi connectivity index (χ3v) is 5.73. The van der Waals surface area contributed by atoms with E-state index in [-0.39, 0.29) is 24.2 Å². The Bertz CT molecular complexity index is 652. The first-order chi connectivity index (χ1) is 12.7. The number of hydrogen-bond donors (Lipinski definition) is 2. The Morgan fingerprint density at radius 3 is 2.63 bits per heavy atom. The highest BCUT2D eigenvalue weighted by atomic mass is 16.5. The van der Waals surface area contributed by atoms with Crippen LogP contribution in [0.15, 0.2) is 12.1 Å². The Balaban J connectivity index is 1.82. The predicted molar refractivity (Wildman–Crippen MR) is 106 cm³/mol. The van der Waals surface area contributed by atoms with Crippen molar-refractivity contribution in [3.63, 3.8) is 0 Å². The van der Waals surface area contributed by atoms with E-state index in [0.29, 0.717) is 17.4 Å². The molecule has 0 unspecified atom stereocenters. The number of aliphatic hydroxyl groups is 2. The number of fused-ring (bicyclic) bond motifs is 3. The first-order valence-corrected chi connectivity index (χ1v) is 10.1. The lowest BCUT2D eigenvalue weighted by atomic mass is 9.75. The van der Waals surface area contributed by atoms with Crippen LogP contribution < -0.4 is 9.47 Å². The zero-order valence-electron chi connectivity index (χ0n) is 17.4. The van der Waals surface area contributed by atoms with Gasteiger partial charge in [0, 0.05) is 19.1 Å². The van der Waals surface area contributed by atoms with Crippen molar-refractivity contribution < 1.29 is 19.7 Å². The molecule has 0 amide bonds. The summed E-state index contributed by atoms with van der Waals surface area (Å²) in [6.07, 6.45) is 1.99. The van der Waals surface area contributed by atoms with E-state index in [9.17, 15) is 10.2 Å². The molecule has 1 fully saturated rings. The first kappa shape index (κ1) is 20.4. The fourth-order valence-corrected chi connectivity index (χ4v) is 4.57. The molecule has 0 aromatic heterocycles. The zero-order valence-corrected chi connectivity index (χ0v) is 17.4. The van der Waals surface area contributed by atoms with Crippen LogP contribution in [0.2, 0.25) is 0 Å². The molecular weight excluding hydrogens is 342 g/mol. The summed E-state index contributed by atoms with van der Waals surface area (Å²) in [5.74, 6) is 1.72. The van der Waals surface area contributed by atoms with Crippen molar-refractivity contribution in [1.82, 2.24) is 4.90 Å². The summed E-state index contributed by atoms with van der Waals surface area (Å²) < 4.78 is 11.3. The van der Waals surface area contributed by atoms with E-state index in [1.165, 1.54) is 11.1 Å². The maximum absolute atomic E-state index is 10.8. The lowest BCUT2D eigenvalue weighted by Gasteiger charge is -2.47. The maximum Gasteiger partial charge on any atom is 0.161 e. The molecule has 0 spiro atoms. The van der Waals surface area contributed by atoms with Crippen LogP contribution in [0, 0.1) is 11.3 Å². The molecular formula is C22H35NO4. The third-order valence-electron chi connectivity index (χ3n) is 5.73. The monoisotopic (exact) mass is 377 g/mol. The second-order valence-corrected chi connectivity index (χ2v) is 9.45. The minimum Gasteiger partial charge on any atom is -0.493 e. The summed E-state index contributed by atoms with van der Waals surface area (Å²) in [7, 11) is 1.65. The van der Waals surface area contributed by atoms with E-state index in [2.05, 4.69) is 37.8 Å². The second kappa shape index (κ2) is 7.98. The van der Waals surface area contributed by atoms with Gasteiger partial charge in [-0.05, 0) is 60.8 Å². The molecule has 1 aromatic carbocycles. The molecule has 4 atom stereocenters.